The molecule has 0 aliphatic rings. The molecule has 0 saturated carbocycles. The molecular weight excluding hydrogens is 358 g/mol. The van der Waals surface area contributed by atoms with Crippen LogP contribution in [0, 0.1) is 0 Å². The van der Waals surface area contributed by atoms with Crippen LogP contribution in [-0.2, 0) is 14.3 Å². The number of hydrogen-bond acceptors (Lipinski definition) is 5. The van der Waals surface area contributed by atoms with Gasteiger partial charge in [-0.25, -0.2) is 4.79 Å². The summed E-state index contributed by atoms with van der Waals surface area (Å²) in [4.78, 5) is 35.3. The van der Waals surface area contributed by atoms with Crippen LogP contribution in [0.2, 0.25) is 5.02 Å². The first-order chi connectivity index (χ1) is 12.4. The molecule has 7 heteroatoms. The molecule has 0 spiro atoms. The van der Waals surface area contributed by atoms with Gasteiger partial charge in [-0.1, -0.05) is 35.9 Å². The van der Waals surface area contributed by atoms with E-state index >= 15 is 0 Å². The Bertz CT molecular complexity index is 821. The molecule has 1 N–H and O–H groups in total. The van der Waals surface area contributed by atoms with E-state index in [1.54, 1.807) is 48.5 Å². The smallest absolute Gasteiger partial charge is 0.344 e. The third kappa shape index (κ3) is 5.60. The van der Waals surface area contributed by atoms with E-state index < -0.39 is 18.0 Å². The maximum Gasteiger partial charge on any atom is 0.344 e. The number of ketones is 1. The number of amides is 1. The molecule has 0 aromatic heterocycles. The van der Waals surface area contributed by atoms with Crippen molar-refractivity contribution < 1.29 is 23.9 Å². The number of ether oxygens (including phenoxy) is 2. The Balaban J connectivity index is 1.86. The van der Waals surface area contributed by atoms with E-state index in [4.69, 9.17) is 21.1 Å². The van der Waals surface area contributed by atoms with E-state index in [0.29, 0.717) is 22.0 Å². The molecular formula is C19H18ClNO5. The number of carbonyl (C=O) groups excluding carboxylic acids is 3. The second-order valence-electron chi connectivity index (χ2n) is 5.48. The van der Waals surface area contributed by atoms with E-state index in [2.05, 4.69) is 5.32 Å². The lowest BCUT2D eigenvalue weighted by Gasteiger charge is -2.14. The minimum absolute atomic E-state index is 0.114. The number of carbonyl (C=O) groups is 3. The topological polar surface area (TPSA) is 81.7 Å². The number of nitrogens with one attached hydrogen (secondary N) is 1. The number of rotatable bonds is 7. The third-order valence-corrected chi connectivity index (χ3v) is 3.71. The Morgan fingerprint density at radius 3 is 2.54 bits per heavy atom. The maximum atomic E-state index is 12.1. The number of benzene rings is 2. The molecule has 0 aliphatic heterocycles. The lowest BCUT2D eigenvalue weighted by molar-refractivity contribution is -0.155. The average Bonchev–Trinajstić information content (AvgIpc) is 2.61. The van der Waals surface area contributed by atoms with Crippen molar-refractivity contribution in [2.24, 2.45) is 0 Å². The summed E-state index contributed by atoms with van der Waals surface area (Å²) in [5.74, 6) is -0.983. The van der Waals surface area contributed by atoms with Gasteiger partial charge in [0.1, 0.15) is 5.75 Å². The lowest BCUT2D eigenvalue weighted by Crippen LogP contribution is -2.31. The molecule has 136 valence electrons. The number of anilines is 1. The van der Waals surface area contributed by atoms with Crippen LogP contribution in [-0.4, -0.2) is 30.4 Å². The monoisotopic (exact) mass is 375 g/mol. The summed E-state index contributed by atoms with van der Waals surface area (Å²) >= 11 is 5.92. The fourth-order valence-corrected chi connectivity index (χ4v) is 2.23. The molecule has 2 aromatic carbocycles. The standard InChI is InChI=1S/C19H18ClNO5/c1-12(22)14-6-5-7-15(10-14)21-19(24)13(2)26-18(23)11-25-17-9-4-3-8-16(17)20/h3-10,13H,11H2,1-2H3,(H,21,24)/t13-/m1/s1. The van der Waals surface area contributed by atoms with Crippen LogP contribution in [0.3, 0.4) is 0 Å². The summed E-state index contributed by atoms with van der Waals surface area (Å²) in [5, 5.41) is 2.97. The van der Waals surface area contributed by atoms with Crippen molar-refractivity contribution in [1.29, 1.82) is 0 Å². The number of esters is 1. The Labute approximate surface area is 156 Å². The van der Waals surface area contributed by atoms with Crippen LogP contribution in [0.5, 0.6) is 5.75 Å². The SMILES string of the molecule is CC(=O)c1cccc(NC(=O)[C@@H](C)OC(=O)COc2ccccc2Cl)c1. The Hall–Kier alpha value is -2.86. The fourth-order valence-electron chi connectivity index (χ4n) is 2.04. The first kappa shape index (κ1) is 19.5. The van der Waals surface area contributed by atoms with Crippen molar-refractivity contribution in [3.8, 4) is 5.75 Å². The predicted molar refractivity (Wildman–Crippen MR) is 97.6 cm³/mol. The summed E-state index contributed by atoms with van der Waals surface area (Å²) in [6.45, 7) is 2.50. The summed E-state index contributed by atoms with van der Waals surface area (Å²) < 4.78 is 10.3. The van der Waals surface area contributed by atoms with Gasteiger partial charge in [-0.2, -0.15) is 0 Å². The second-order valence-corrected chi connectivity index (χ2v) is 5.88. The molecule has 2 aromatic rings. The predicted octanol–water partition coefficient (Wildman–Crippen LogP) is 3.49. The molecule has 0 fully saturated rings. The van der Waals surface area contributed by atoms with Crippen LogP contribution in [0.15, 0.2) is 48.5 Å². The van der Waals surface area contributed by atoms with E-state index in [-0.39, 0.29) is 12.4 Å². The highest BCUT2D eigenvalue weighted by molar-refractivity contribution is 6.32. The van der Waals surface area contributed by atoms with Crippen LogP contribution >= 0.6 is 11.6 Å². The quantitative estimate of drug-likeness (QED) is 0.591. The van der Waals surface area contributed by atoms with Gasteiger partial charge in [0.2, 0.25) is 0 Å². The minimum Gasteiger partial charge on any atom is -0.480 e. The van der Waals surface area contributed by atoms with Gasteiger partial charge in [-0.3, -0.25) is 9.59 Å². The van der Waals surface area contributed by atoms with E-state index in [1.807, 2.05) is 0 Å². The van der Waals surface area contributed by atoms with E-state index in [1.165, 1.54) is 13.8 Å². The Morgan fingerprint density at radius 2 is 1.85 bits per heavy atom. The number of Topliss-reactive ketones (excluding diaryl/α,β-unsaturated/α-hetero) is 1. The highest BCUT2D eigenvalue weighted by Crippen LogP contribution is 2.23. The molecule has 0 bridgehead atoms. The number of para-hydroxylation sites is 1. The van der Waals surface area contributed by atoms with Gasteiger partial charge >= 0.3 is 5.97 Å². The zero-order valence-electron chi connectivity index (χ0n) is 14.3. The first-order valence-corrected chi connectivity index (χ1v) is 8.23. The molecule has 6 nitrogen and oxygen atoms in total. The summed E-state index contributed by atoms with van der Waals surface area (Å²) in [5.41, 5.74) is 0.915. The molecule has 0 saturated heterocycles. The van der Waals surface area contributed by atoms with Gasteiger partial charge in [0, 0.05) is 11.3 Å². The van der Waals surface area contributed by atoms with Gasteiger partial charge in [-0.15, -0.1) is 0 Å². The molecule has 0 heterocycles. The van der Waals surface area contributed by atoms with Crippen LogP contribution in [0.4, 0.5) is 5.69 Å². The van der Waals surface area contributed by atoms with Gasteiger partial charge in [-0.05, 0) is 38.1 Å². The third-order valence-electron chi connectivity index (χ3n) is 3.40. The number of hydrogen-bond donors (Lipinski definition) is 1. The molecule has 1 atom stereocenters. The van der Waals surface area contributed by atoms with E-state index in [0.717, 1.165) is 0 Å². The number of halogens is 1. The molecule has 1 amide bonds. The largest absolute Gasteiger partial charge is 0.480 e. The van der Waals surface area contributed by atoms with Gasteiger partial charge in [0.15, 0.2) is 18.5 Å². The second kappa shape index (κ2) is 9.01. The van der Waals surface area contributed by atoms with Crippen molar-refractivity contribution in [2.45, 2.75) is 20.0 Å². The Kier molecular flexibility index (Phi) is 6.74. The minimum atomic E-state index is -1.03. The fraction of sp³-hybridized carbons (Fsp3) is 0.211. The summed E-state index contributed by atoms with van der Waals surface area (Å²) in [7, 11) is 0. The van der Waals surface area contributed by atoms with Crippen LogP contribution in [0.1, 0.15) is 24.2 Å². The van der Waals surface area contributed by atoms with E-state index in [9.17, 15) is 14.4 Å². The van der Waals surface area contributed by atoms with Crippen molar-refractivity contribution in [1.82, 2.24) is 0 Å². The zero-order chi connectivity index (χ0) is 19.1. The molecule has 0 radical (unpaired) electrons. The molecule has 0 aliphatic carbocycles. The lowest BCUT2D eigenvalue weighted by atomic mass is 10.1. The average molecular weight is 376 g/mol. The highest BCUT2D eigenvalue weighted by atomic mass is 35.5. The summed E-state index contributed by atoms with van der Waals surface area (Å²) in [6, 6.07) is 13.2. The zero-order valence-corrected chi connectivity index (χ0v) is 15.1. The van der Waals surface area contributed by atoms with Crippen LogP contribution in [0.25, 0.3) is 0 Å². The first-order valence-electron chi connectivity index (χ1n) is 7.85. The summed E-state index contributed by atoms with van der Waals surface area (Å²) in [6.07, 6.45) is -1.03. The Morgan fingerprint density at radius 1 is 1.12 bits per heavy atom. The maximum absolute atomic E-state index is 12.1. The van der Waals surface area contributed by atoms with Crippen molar-refractivity contribution >= 4 is 34.9 Å². The van der Waals surface area contributed by atoms with Gasteiger partial charge in [0.25, 0.3) is 5.91 Å². The van der Waals surface area contributed by atoms with Crippen molar-refractivity contribution in [3.63, 3.8) is 0 Å². The van der Waals surface area contributed by atoms with Crippen molar-refractivity contribution in [2.75, 3.05) is 11.9 Å². The molecule has 0 unspecified atom stereocenters. The van der Waals surface area contributed by atoms with Gasteiger partial charge in [0.05, 0.1) is 5.02 Å². The normalized spacial score (nSPS) is 11.3. The molecule has 2 rings (SSSR count). The van der Waals surface area contributed by atoms with Crippen molar-refractivity contribution in [3.05, 3.63) is 59.1 Å². The highest BCUT2D eigenvalue weighted by Gasteiger charge is 2.19. The van der Waals surface area contributed by atoms with Gasteiger partial charge < -0.3 is 14.8 Å². The van der Waals surface area contributed by atoms with Crippen LogP contribution < -0.4 is 10.1 Å². The molecule has 26 heavy (non-hydrogen) atoms.